The second-order valence-electron chi connectivity index (χ2n) is 11.7. The minimum absolute atomic E-state index is 0.00523. The van der Waals surface area contributed by atoms with Crippen molar-refractivity contribution in [3.8, 4) is 0 Å². The monoisotopic (exact) mass is 511 g/mol. The number of hydrogen-bond acceptors (Lipinski definition) is 3. The number of alkyl halides is 3. The van der Waals surface area contributed by atoms with E-state index in [4.69, 9.17) is 4.42 Å². The zero-order valence-electron chi connectivity index (χ0n) is 22.6. The van der Waals surface area contributed by atoms with Crippen molar-refractivity contribution in [3.05, 3.63) is 86.8 Å². The molecule has 6 heteroatoms. The van der Waals surface area contributed by atoms with Gasteiger partial charge in [0.2, 0.25) is 0 Å². The van der Waals surface area contributed by atoms with Crippen molar-refractivity contribution in [3.63, 3.8) is 0 Å². The van der Waals surface area contributed by atoms with Crippen molar-refractivity contribution in [1.82, 2.24) is 0 Å². The van der Waals surface area contributed by atoms with Crippen molar-refractivity contribution < 1.29 is 17.6 Å². The van der Waals surface area contributed by atoms with Crippen LogP contribution in [0, 0.1) is 0 Å². The van der Waals surface area contributed by atoms with Gasteiger partial charge in [0.1, 0.15) is 5.58 Å². The Hall–Kier alpha value is -3.02. The number of nitrogens with zero attached hydrogens (tertiary/aromatic N) is 1. The SMILES string of the molecule is CC(C)=CC=CC=CC=CCc1c(C(F)(F)F)c2cc3c4c(c2oc1=O)C(C)(C)CCN4CCC3(C)C. The van der Waals surface area contributed by atoms with E-state index in [-0.39, 0.29) is 28.4 Å². The molecule has 2 aromatic rings. The van der Waals surface area contributed by atoms with Crippen LogP contribution in [0.3, 0.4) is 0 Å². The summed E-state index contributed by atoms with van der Waals surface area (Å²) < 4.78 is 49.7. The number of hydrogen-bond donors (Lipinski definition) is 0. The van der Waals surface area contributed by atoms with E-state index in [1.54, 1.807) is 30.4 Å². The van der Waals surface area contributed by atoms with Crippen molar-refractivity contribution in [2.75, 3.05) is 18.0 Å². The van der Waals surface area contributed by atoms with E-state index in [9.17, 15) is 18.0 Å². The van der Waals surface area contributed by atoms with Crippen LogP contribution in [0.15, 0.2) is 63.4 Å². The predicted molar refractivity (Wildman–Crippen MR) is 146 cm³/mol. The Kier molecular flexibility index (Phi) is 7.08. The smallest absolute Gasteiger partial charge is 0.417 e. The average Bonchev–Trinajstić information content (AvgIpc) is 2.78. The van der Waals surface area contributed by atoms with Crippen molar-refractivity contribution >= 4 is 16.7 Å². The third kappa shape index (κ3) is 5.21. The molecule has 1 aromatic heterocycles. The molecule has 3 heterocycles. The Balaban J connectivity index is 1.90. The normalized spacial score (nSPS) is 18.8. The van der Waals surface area contributed by atoms with Crippen LogP contribution in [0.2, 0.25) is 0 Å². The summed E-state index contributed by atoms with van der Waals surface area (Å²) in [5.41, 5.74) is 0.989. The third-order valence-electron chi connectivity index (χ3n) is 7.62. The molecule has 37 heavy (non-hydrogen) atoms. The molecule has 0 amide bonds. The summed E-state index contributed by atoms with van der Waals surface area (Å²) in [5.74, 6) is 0. The maximum Gasteiger partial charge on any atom is 0.417 e. The lowest BCUT2D eigenvalue weighted by atomic mass is 9.69. The van der Waals surface area contributed by atoms with Gasteiger partial charge in [-0.25, -0.2) is 4.79 Å². The first-order valence-electron chi connectivity index (χ1n) is 12.9. The Morgan fingerprint density at radius 3 is 2.27 bits per heavy atom. The van der Waals surface area contributed by atoms with Gasteiger partial charge in [-0.1, -0.05) is 75.8 Å². The number of fused-ring (bicyclic) bond motifs is 2. The molecule has 2 aliphatic heterocycles. The maximum absolute atomic E-state index is 14.6. The lowest BCUT2D eigenvalue weighted by Crippen LogP contribution is -2.45. The van der Waals surface area contributed by atoms with Crippen LogP contribution in [0.4, 0.5) is 18.9 Å². The third-order valence-corrected chi connectivity index (χ3v) is 7.62. The highest BCUT2D eigenvalue weighted by atomic mass is 19.4. The van der Waals surface area contributed by atoms with Gasteiger partial charge in [0.15, 0.2) is 0 Å². The van der Waals surface area contributed by atoms with Crippen LogP contribution >= 0.6 is 0 Å². The fourth-order valence-electron chi connectivity index (χ4n) is 5.48. The Morgan fingerprint density at radius 2 is 1.62 bits per heavy atom. The number of allylic oxidation sites excluding steroid dienone is 8. The highest BCUT2D eigenvalue weighted by Crippen LogP contribution is 2.53. The molecule has 198 valence electrons. The molecular formula is C31H36F3NO2. The van der Waals surface area contributed by atoms with E-state index >= 15 is 0 Å². The molecule has 4 rings (SSSR count). The molecule has 0 radical (unpaired) electrons. The largest absolute Gasteiger partial charge is 0.422 e. The standard InChI is InChI=1S/C31H36F3NO2/c1-20(2)13-11-9-7-8-10-12-14-21-24(31(32,33)34)22-19-23-26-25(27(22)37-28(21)36)30(5,6)16-18-35(26)17-15-29(23,3)4/h7-13,19H,14-18H2,1-6H3. The van der Waals surface area contributed by atoms with Gasteiger partial charge in [0, 0.05) is 29.7 Å². The number of anilines is 1. The van der Waals surface area contributed by atoms with Crippen LogP contribution < -0.4 is 10.5 Å². The Morgan fingerprint density at radius 1 is 1.00 bits per heavy atom. The van der Waals surface area contributed by atoms with Crippen LogP contribution in [0.1, 0.15) is 76.6 Å². The van der Waals surface area contributed by atoms with Gasteiger partial charge >= 0.3 is 11.8 Å². The van der Waals surface area contributed by atoms with E-state index in [0.717, 1.165) is 48.3 Å². The van der Waals surface area contributed by atoms with E-state index < -0.39 is 22.8 Å². The first kappa shape index (κ1) is 27.0. The van der Waals surface area contributed by atoms with E-state index in [1.807, 2.05) is 45.9 Å². The highest BCUT2D eigenvalue weighted by Gasteiger charge is 2.45. The summed E-state index contributed by atoms with van der Waals surface area (Å²) in [6.45, 7) is 13.9. The lowest BCUT2D eigenvalue weighted by molar-refractivity contribution is -0.137. The molecule has 0 atom stereocenters. The topological polar surface area (TPSA) is 33.5 Å². The highest BCUT2D eigenvalue weighted by molar-refractivity contribution is 5.93. The Labute approximate surface area is 217 Å². The summed E-state index contributed by atoms with van der Waals surface area (Å²) in [6, 6.07) is 1.65. The molecule has 0 fully saturated rings. The van der Waals surface area contributed by atoms with Gasteiger partial charge < -0.3 is 9.32 Å². The van der Waals surface area contributed by atoms with Crippen LogP contribution in [0.25, 0.3) is 11.0 Å². The van der Waals surface area contributed by atoms with Crippen molar-refractivity contribution in [1.29, 1.82) is 0 Å². The zero-order chi connectivity index (χ0) is 27.2. The summed E-state index contributed by atoms with van der Waals surface area (Å²) in [6.07, 6.45) is 9.18. The van der Waals surface area contributed by atoms with E-state index in [2.05, 4.69) is 18.7 Å². The van der Waals surface area contributed by atoms with Crippen LogP contribution in [0.5, 0.6) is 0 Å². The van der Waals surface area contributed by atoms with Gasteiger partial charge in [-0.05, 0) is 55.6 Å². The van der Waals surface area contributed by atoms with Gasteiger partial charge in [-0.2, -0.15) is 13.2 Å². The first-order chi connectivity index (χ1) is 17.2. The molecule has 0 N–H and O–H groups in total. The summed E-state index contributed by atoms with van der Waals surface area (Å²) >= 11 is 0. The molecule has 1 aromatic carbocycles. The van der Waals surface area contributed by atoms with Crippen molar-refractivity contribution in [2.24, 2.45) is 0 Å². The molecule has 2 aliphatic rings. The summed E-state index contributed by atoms with van der Waals surface area (Å²) in [5, 5.41) is -0.00523. The van der Waals surface area contributed by atoms with Gasteiger partial charge in [0.05, 0.1) is 11.1 Å². The molecule has 0 spiro atoms. The summed E-state index contributed by atoms with van der Waals surface area (Å²) in [7, 11) is 0. The minimum Gasteiger partial charge on any atom is -0.422 e. The average molecular weight is 512 g/mol. The maximum atomic E-state index is 14.6. The second kappa shape index (κ2) is 9.70. The first-order valence-corrected chi connectivity index (χ1v) is 12.9. The fourth-order valence-corrected chi connectivity index (χ4v) is 5.48. The zero-order valence-corrected chi connectivity index (χ0v) is 22.6. The molecule has 0 unspecified atom stereocenters. The molecule has 0 saturated heterocycles. The van der Waals surface area contributed by atoms with Gasteiger partial charge in [-0.15, -0.1) is 0 Å². The number of halogens is 3. The predicted octanol–water partition coefficient (Wildman–Crippen LogP) is 8.16. The van der Waals surface area contributed by atoms with E-state index in [0.29, 0.717) is 0 Å². The number of rotatable bonds is 5. The molecule has 0 bridgehead atoms. The second-order valence-corrected chi connectivity index (χ2v) is 11.7. The lowest BCUT2D eigenvalue weighted by Gasteiger charge is -2.48. The quantitative estimate of drug-likeness (QED) is 0.300. The van der Waals surface area contributed by atoms with Crippen LogP contribution in [-0.4, -0.2) is 13.1 Å². The van der Waals surface area contributed by atoms with Gasteiger partial charge in [0.25, 0.3) is 0 Å². The van der Waals surface area contributed by atoms with Crippen molar-refractivity contribution in [2.45, 2.75) is 77.8 Å². The molecule has 0 saturated carbocycles. The molecule has 3 nitrogen and oxygen atoms in total. The van der Waals surface area contributed by atoms with Crippen LogP contribution in [-0.2, 0) is 23.4 Å². The fraction of sp³-hybridized carbons (Fsp3) is 0.452. The van der Waals surface area contributed by atoms with E-state index in [1.165, 1.54) is 0 Å². The van der Waals surface area contributed by atoms with Gasteiger partial charge in [-0.3, -0.25) is 0 Å². The minimum atomic E-state index is -4.70. The Bertz CT molecular complexity index is 1380. The summed E-state index contributed by atoms with van der Waals surface area (Å²) in [4.78, 5) is 15.3. The molecular weight excluding hydrogens is 475 g/mol. The number of benzene rings is 1. The molecule has 0 aliphatic carbocycles.